The van der Waals surface area contributed by atoms with Crippen molar-refractivity contribution in [1.29, 1.82) is 0 Å². The number of carbonyl (C=O) groups excluding carboxylic acids is 2. The minimum Gasteiger partial charge on any atom is -0.484 e. The molecule has 0 unspecified atom stereocenters. The van der Waals surface area contributed by atoms with Crippen molar-refractivity contribution >= 4 is 33.6 Å². The highest BCUT2D eigenvalue weighted by atomic mass is 79.9. The quantitative estimate of drug-likeness (QED) is 0.786. The standard InChI is InChI=1S/C20H22BrN3O3/c1-14-6-9-22-18(12-14)23-20(26)15-7-10-24(11-8-15)19(25)13-27-17-4-2-16(21)3-5-17/h2-6,9,12,15H,7-8,10-11,13H2,1H3,(H,22,23,26). The van der Waals surface area contributed by atoms with Crippen molar-refractivity contribution in [3.63, 3.8) is 0 Å². The molecular formula is C20H22BrN3O3. The summed E-state index contributed by atoms with van der Waals surface area (Å²) >= 11 is 3.36. The van der Waals surface area contributed by atoms with E-state index in [0.29, 0.717) is 37.5 Å². The molecule has 0 bridgehead atoms. The molecule has 0 aliphatic carbocycles. The van der Waals surface area contributed by atoms with Crippen LogP contribution in [0.3, 0.4) is 0 Å². The van der Waals surface area contributed by atoms with Gasteiger partial charge in [0, 0.05) is 29.7 Å². The number of rotatable bonds is 5. The summed E-state index contributed by atoms with van der Waals surface area (Å²) in [6.07, 6.45) is 2.96. The molecule has 6 nitrogen and oxygen atoms in total. The van der Waals surface area contributed by atoms with E-state index in [4.69, 9.17) is 4.74 Å². The minimum absolute atomic E-state index is 0.00566. The number of aryl methyl sites for hydroxylation is 1. The topological polar surface area (TPSA) is 71.5 Å². The fraction of sp³-hybridized carbons (Fsp3) is 0.350. The first-order chi connectivity index (χ1) is 13.0. The number of ether oxygens (including phenoxy) is 1. The highest BCUT2D eigenvalue weighted by molar-refractivity contribution is 9.10. The molecule has 1 saturated heterocycles. The summed E-state index contributed by atoms with van der Waals surface area (Å²) in [7, 11) is 0. The first kappa shape index (κ1) is 19.4. The number of nitrogens with zero attached hydrogens (tertiary/aromatic N) is 2. The van der Waals surface area contributed by atoms with Crippen LogP contribution in [0.4, 0.5) is 5.82 Å². The van der Waals surface area contributed by atoms with Gasteiger partial charge in [0.25, 0.3) is 5.91 Å². The van der Waals surface area contributed by atoms with Crippen LogP contribution in [0.2, 0.25) is 0 Å². The maximum atomic E-state index is 12.4. The molecule has 1 aromatic carbocycles. The fourth-order valence-electron chi connectivity index (χ4n) is 2.99. The van der Waals surface area contributed by atoms with E-state index < -0.39 is 0 Å². The Bertz CT molecular complexity index is 802. The van der Waals surface area contributed by atoms with Crippen molar-refractivity contribution < 1.29 is 14.3 Å². The van der Waals surface area contributed by atoms with Crippen molar-refractivity contribution in [2.24, 2.45) is 5.92 Å². The van der Waals surface area contributed by atoms with Gasteiger partial charge >= 0.3 is 0 Å². The van der Waals surface area contributed by atoms with Crippen LogP contribution in [-0.4, -0.2) is 41.4 Å². The Morgan fingerprint density at radius 2 is 1.93 bits per heavy atom. The molecule has 2 heterocycles. The average Bonchev–Trinajstić information content (AvgIpc) is 2.67. The van der Waals surface area contributed by atoms with Gasteiger partial charge in [-0.1, -0.05) is 15.9 Å². The van der Waals surface area contributed by atoms with Gasteiger partial charge in [-0.3, -0.25) is 9.59 Å². The van der Waals surface area contributed by atoms with Crippen LogP contribution in [0.1, 0.15) is 18.4 Å². The molecule has 0 radical (unpaired) electrons. The van der Waals surface area contributed by atoms with E-state index in [-0.39, 0.29) is 24.3 Å². The van der Waals surface area contributed by atoms with Crippen molar-refractivity contribution in [3.05, 3.63) is 52.6 Å². The summed E-state index contributed by atoms with van der Waals surface area (Å²) < 4.78 is 6.50. The molecule has 0 saturated carbocycles. The van der Waals surface area contributed by atoms with E-state index in [1.807, 2.05) is 43.3 Å². The van der Waals surface area contributed by atoms with Crippen LogP contribution < -0.4 is 10.1 Å². The van der Waals surface area contributed by atoms with Crippen molar-refractivity contribution in [1.82, 2.24) is 9.88 Å². The summed E-state index contributed by atoms with van der Waals surface area (Å²) in [5.41, 5.74) is 1.05. The lowest BCUT2D eigenvalue weighted by atomic mass is 9.96. The van der Waals surface area contributed by atoms with E-state index in [9.17, 15) is 9.59 Å². The maximum absolute atomic E-state index is 12.4. The Kier molecular flexibility index (Phi) is 6.45. The van der Waals surface area contributed by atoms with Crippen LogP contribution in [0.15, 0.2) is 47.1 Å². The third kappa shape index (κ3) is 5.53. The molecular weight excluding hydrogens is 410 g/mol. The molecule has 142 valence electrons. The number of benzene rings is 1. The zero-order valence-electron chi connectivity index (χ0n) is 15.2. The molecule has 7 heteroatoms. The first-order valence-electron chi connectivity index (χ1n) is 8.91. The third-order valence-corrected chi connectivity index (χ3v) is 5.09. The van der Waals surface area contributed by atoms with E-state index in [1.54, 1.807) is 11.1 Å². The number of halogens is 1. The second-order valence-electron chi connectivity index (χ2n) is 6.61. The minimum atomic E-state index is -0.108. The molecule has 3 rings (SSSR count). The smallest absolute Gasteiger partial charge is 0.260 e. The average molecular weight is 432 g/mol. The molecule has 0 atom stereocenters. The number of amides is 2. The first-order valence-corrected chi connectivity index (χ1v) is 9.70. The molecule has 1 aromatic heterocycles. The largest absolute Gasteiger partial charge is 0.484 e. The van der Waals surface area contributed by atoms with E-state index in [1.165, 1.54) is 0 Å². The Morgan fingerprint density at radius 1 is 1.22 bits per heavy atom. The Balaban J connectivity index is 1.44. The predicted molar refractivity (Wildman–Crippen MR) is 107 cm³/mol. The van der Waals surface area contributed by atoms with E-state index >= 15 is 0 Å². The van der Waals surface area contributed by atoms with Crippen molar-refractivity contribution in [2.75, 3.05) is 25.0 Å². The van der Waals surface area contributed by atoms with Crippen LogP contribution in [0.5, 0.6) is 5.75 Å². The lowest BCUT2D eigenvalue weighted by molar-refractivity contribution is -0.136. The fourth-order valence-corrected chi connectivity index (χ4v) is 3.26. The number of nitrogens with one attached hydrogen (secondary N) is 1. The molecule has 1 aliphatic heterocycles. The SMILES string of the molecule is Cc1ccnc(NC(=O)C2CCN(C(=O)COc3ccc(Br)cc3)CC2)c1. The summed E-state index contributed by atoms with van der Waals surface area (Å²) in [4.78, 5) is 30.7. The van der Waals surface area contributed by atoms with Crippen LogP contribution >= 0.6 is 15.9 Å². The predicted octanol–water partition coefficient (Wildman–Crippen LogP) is 3.41. The number of hydrogen-bond acceptors (Lipinski definition) is 4. The lowest BCUT2D eigenvalue weighted by Gasteiger charge is -2.31. The van der Waals surface area contributed by atoms with Crippen LogP contribution in [-0.2, 0) is 9.59 Å². The summed E-state index contributed by atoms with van der Waals surface area (Å²) in [5, 5.41) is 2.87. The number of hydrogen-bond donors (Lipinski definition) is 1. The number of anilines is 1. The normalized spacial score (nSPS) is 14.7. The summed E-state index contributed by atoms with van der Waals surface area (Å²) in [6.45, 7) is 3.08. The van der Waals surface area contributed by atoms with E-state index in [0.717, 1.165) is 10.0 Å². The number of pyridine rings is 1. The van der Waals surface area contributed by atoms with Gasteiger partial charge in [-0.15, -0.1) is 0 Å². The number of carbonyl (C=O) groups is 2. The molecule has 2 aromatic rings. The van der Waals surface area contributed by atoms with Crippen molar-refractivity contribution in [2.45, 2.75) is 19.8 Å². The van der Waals surface area contributed by atoms with Crippen LogP contribution in [0, 0.1) is 12.8 Å². The van der Waals surface area contributed by atoms with E-state index in [2.05, 4.69) is 26.2 Å². The molecule has 2 amide bonds. The summed E-state index contributed by atoms with van der Waals surface area (Å²) in [6, 6.07) is 11.1. The van der Waals surface area contributed by atoms with Gasteiger partial charge in [0.05, 0.1) is 0 Å². The van der Waals surface area contributed by atoms with Gasteiger partial charge in [0.1, 0.15) is 11.6 Å². The highest BCUT2D eigenvalue weighted by Gasteiger charge is 2.27. The van der Waals surface area contributed by atoms with Gasteiger partial charge in [-0.25, -0.2) is 4.98 Å². The summed E-state index contributed by atoms with van der Waals surface area (Å²) in [5.74, 6) is 1.03. The second kappa shape index (κ2) is 8.99. The van der Waals surface area contributed by atoms with Gasteiger partial charge in [-0.2, -0.15) is 0 Å². The van der Waals surface area contributed by atoms with Gasteiger partial charge in [-0.05, 0) is 61.7 Å². The highest BCUT2D eigenvalue weighted by Crippen LogP contribution is 2.20. The zero-order valence-corrected chi connectivity index (χ0v) is 16.7. The van der Waals surface area contributed by atoms with Gasteiger partial charge in [0.15, 0.2) is 6.61 Å². The second-order valence-corrected chi connectivity index (χ2v) is 7.52. The Hall–Kier alpha value is -2.41. The number of piperidine rings is 1. The molecule has 0 spiro atoms. The Labute approximate surface area is 167 Å². The zero-order chi connectivity index (χ0) is 19.2. The third-order valence-electron chi connectivity index (χ3n) is 4.56. The Morgan fingerprint density at radius 3 is 2.59 bits per heavy atom. The molecule has 1 N–H and O–H groups in total. The number of aromatic nitrogens is 1. The monoisotopic (exact) mass is 431 g/mol. The molecule has 27 heavy (non-hydrogen) atoms. The van der Waals surface area contributed by atoms with Gasteiger partial charge < -0.3 is 15.0 Å². The van der Waals surface area contributed by atoms with Crippen LogP contribution in [0.25, 0.3) is 0 Å². The lowest BCUT2D eigenvalue weighted by Crippen LogP contribution is -2.43. The maximum Gasteiger partial charge on any atom is 0.260 e. The number of likely N-dealkylation sites (tertiary alicyclic amines) is 1. The van der Waals surface area contributed by atoms with Gasteiger partial charge in [0.2, 0.25) is 5.91 Å². The van der Waals surface area contributed by atoms with Crippen molar-refractivity contribution in [3.8, 4) is 5.75 Å². The molecule has 1 aliphatic rings. The molecule has 1 fully saturated rings.